The highest BCUT2D eigenvalue weighted by Gasteiger charge is 2.17. The second-order valence-electron chi connectivity index (χ2n) is 5.96. The summed E-state index contributed by atoms with van der Waals surface area (Å²) in [4.78, 5) is 26.2. The number of benzene rings is 1. The molecule has 0 unspecified atom stereocenters. The van der Waals surface area contributed by atoms with E-state index in [1.165, 1.54) is 25.3 Å². The predicted octanol–water partition coefficient (Wildman–Crippen LogP) is 4.84. The third kappa shape index (κ3) is 4.90. The molecule has 2 aromatic rings. The van der Waals surface area contributed by atoms with Crippen molar-refractivity contribution < 1.29 is 14.3 Å². The molecule has 1 aromatic carbocycles. The van der Waals surface area contributed by atoms with Crippen LogP contribution in [0.25, 0.3) is 0 Å². The van der Waals surface area contributed by atoms with Gasteiger partial charge in [0.25, 0.3) is 5.91 Å². The fourth-order valence-corrected chi connectivity index (χ4v) is 4.23. The van der Waals surface area contributed by atoms with Crippen LogP contribution < -0.4 is 10.2 Å². The normalized spacial score (nSPS) is 14.2. The Labute approximate surface area is 165 Å². The molecule has 0 atom stereocenters. The van der Waals surface area contributed by atoms with Crippen LogP contribution in [-0.4, -0.2) is 31.6 Å². The minimum Gasteiger partial charge on any atom is -0.452 e. The summed E-state index contributed by atoms with van der Waals surface area (Å²) >= 11 is 12.8. The van der Waals surface area contributed by atoms with Crippen LogP contribution in [0.4, 0.5) is 11.4 Å². The summed E-state index contributed by atoms with van der Waals surface area (Å²) in [7, 11) is 0. The zero-order chi connectivity index (χ0) is 18.5. The van der Waals surface area contributed by atoms with Crippen molar-refractivity contribution in [2.45, 2.75) is 19.3 Å². The summed E-state index contributed by atoms with van der Waals surface area (Å²) in [5.41, 5.74) is 1.97. The highest BCUT2D eigenvalue weighted by Crippen LogP contribution is 2.31. The summed E-state index contributed by atoms with van der Waals surface area (Å²) in [6, 6.07) is 9.09. The summed E-state index contributed by atoms with van der Waals surface area (Å²) in [5, 5.41) is 2.71. The fourth-order valence-electron chi connectivity index (χ4n) is 2.79. The van der Waals surface area contributed by atoms with E-state index in [0.717, 1.165) is 30.1 Å². The topological polar surface area (TPSA) is 58.6 Å². The molecule has 8 heteroatoms. The summed E-state index contributed by atoms with van der Waals surface area (Å²) in [6.07, 6.45) is 3.71. The Balaban J connectivity index is 1.50. The van der Waals surface area contributed by atoms with Gasteiger partial charge in [-0.1, -0.05) is 23.2 Å². The Kier molecular flexibility index (Phi) is 6.40. The van der Waals surface area contributed by atoms with Gasteiger partial charge in [-0.2, -0.15) is 0 Å². The maximum Gasteiger partial charge on any atom is 0.341 e. The van der Waals surface area contributed by atoms with Crippen LogP contribution in [0, 0.1) is 0 Å². The molecule has 1 aliphatic rings. The van der Waals surface area contributed by atoms with Gasteiger partial charge in [-0.3, -0.25) is 4.79 Å². The number of carbonyl (C=O) groups is 2. The number of amides is 1. The Bertz CT molecular complexity index is 786. The number of rotatable bonds is 5. The van der Waals surface area contributed by atoms with E-state index in [2.05, 4.69) is 10.2 Å². The molecule has 1 aromatic heterocycles. The summed E-state index contributed by atoms with van der Waals surface area (Å²) < 4.78 is 5.61. The van der Waals surface area contributed by atoms with E-state index in [1.807, 2.05) is 24.3 Å². The number of hydrogen-bond acceptors (Lipinski definition) is 5. The van der Waals surface area contributed by atoms with Crippen molar-refractivity contribution in [3.63, 3.8) is 0 Å². The largest absolute Gasteiger partial charge is 0.452 e. The average Bonchev–Trinajstić information content (AvgIpc) is 2.99. The first kappa shape index (κ1) is 19.0. The molecule has 3 rings (SSSR count). The SMILES string of the molecule is O=C(COC(=O)c1cc(Cl)sc1Cl)Nc1ccc(N2CCCCC2)cc1. The van der Waals surface area contributed by atoms with Crippen LogP contribution in [0.15, 0.2) is 30.3 Å². The molecule has 0 radical (unpaired) electrons. The van der Waals surface area contributed by atoms with Crippen LogP contribution in [0.3, 0.4) is 0 Å². The zero-order valence-corrected chi connectivity index (χ0v) is 16.3. The molecule has 0 saturated carbocycles. The lowest BCUT2D eigenvalue weighted by atomic mass is 10.1. The van der Waals surface area contributed by atoms with Gasteiger partial charge in [0.05, 0.1) is 9.90 Å². The lowest BCUT2D eigenvalue weighted by Gasteiger charge is -2.28. The third-order valence-corrected chi connectivity index (χ3v) is 5.57. The second kappa shape index (κ2) is 8.75. The molecule has 26 heavy (non-hydrogen) atoms. The van der Waals surface area contributed by atoms with Crippen LogP contribution >= 0.6 is 34.5 Å². The number of anilines is 2. The molecule has 1 amide bonds. The van der Waals surface area contributed by atoms with Gasteiger partial charge in [0.15, 0.2) is 6.61 Å². The number of halogens is 2. The van der Waals surface area contributed by atoms with E-state index in [0.29, 0.717) is 10.0 Å². The molecule has 138 valence electrons. The predicted molar refractivity (Wildman–Crippen MR) is 106 cm³/mol. The van der Waals surface area contributed by atoms with E-state index in [9.17, 15) is 9.59 Å². The van der Waals surface area contributed by atoms with Crippen molar-refractivity contribution in [1.29, 1.82) is 0 Å². The molecule has 2 heterocycles. The monoisotopic (exact) mass is 412 g/mol. The molecular weight excluding hydrogens is 395 g/mol. The lowest BCUT2D eigenvalue weighted by molar-refractivity contribution is -0.119. The van der Waals surface area contributed by atoms with Gasteiger partial charge in [-0.15, -0.1) is 11.3 Å². The molecule has 0 aliphatic carbocycles. The Morgan fingerprint density at radius 1 is 1.12 bits per heavy atom. The van der Waals surface area contributed by atoms with Gasteiger partial charge in [0, 0.05) is 24.5 Å². The van der Waals surface area contributed by atoms with Crippen LogP contribution in [-0.2, 0) is 9.53 Å². The first-order chi connectivity index (χ1) is 12.5. The molecule has 1 N–H and O–H groups in total. The zero-order valence-electron chi connectivity index (χ0n) is 14.0. The van der Waals surface area contributed by atoms with E-state index < -0.39 is 18.5 Å². The Morgan fingerprint density at radius 3 is 2.42 bits per heavy atom. The van der Waals surface area contributed by atoms with Crippen molar-refractivity contribution >= 4 is 57.8 Å². The average molecular weight is 413 g/mol. The van der Waals surface area contributed by atoms with Gasteiger partial charge >= 0.3 is 5.97 Å². The highest BCUT2D eigenvalue weighted by molar-refractivity contribution is 7.20. The van der Waals surface area contributed by atoms with Crippen molar-refractivity contribution in [1.82, 2.24) is 0 Å². The summed E-state index contributed by atoms with van der Waals surface area (Å²) in [5.74, 6) is -1.09. The molecule has 1 saturated heterocycles. The first-order valence-corrected chi connectivity index (χ1v) is 9.87. The molecule has 0 spiro atoms. The van der Waals surface area contributed by atoms with Crippen molar-refractivity contribution in [2.75, 3.05) is 29.9 Å². The number of thiophene rings is 1. The lowest BCUT2D eigenvalue weighted by Crippen LogP contribution is -2.29. The molecule has 0 bridgehead atoms. The fraction of sp³-hybridized carbons (Fsp3) is 0.333. The first-order valence-electron chi connectivity index (χ1n) is 8.30. The minimum absolute atomic E-state index is 0.167. The smallest absolute Gasteiger partial charge is 0.341 e. The van der Waals surface area contributed by atoms with E-state index in [1.54, 1.807) is 0 Å². The van der Waals surface area contributed by atoms with E-state index >= 15 is 0 Å². The van der Waals surface area contributed by atoms with Crippen LogP contribution in [0.1, 0.15) is 29.6 Å². The Hall–Kier alpha value is -1.76. The number of piperidine rings is 1. The highest BCUT2D eigenvalue weighted by atomic mass is 35.5. The van der Waals surface area contributed by atoms with Crippen molar-refractivity contribution in [3.05, 3.63) is 44.6 Å². The van der Waals surface area contributed by atoms with Crippen LogP contribution in [0.2, 0.25) is 8.67 Å². The number of carbonyl (C=O) groups excluding carboxylic acids is 2. The van der Waals surface area contributed by atoms with Crippen LogP contribution in [0.5, 0.6) is 0 Å². The maximum absolute atomic E-state index is 12.0. The standard InChI is InChI=1S/C18H18Cl2N2O3S/c19-15-10-14(17(20)26-15)18(24)25-11-16(23)21-12-4-6-13(7-5-12)22-8-2-1-3-9-22/h4-7,10H,1-3,8-9,11H2,(H,21,23). The maximum atomic E-state index is 12.0. The number of ether oxygens (including phenoxy) is 1. The number of nitrogens with zero attached hydrogens (tertiary/aromatic N) is 1. The molecule has 1 fully saturated rings. The number of nitrogens with one attached hydrogen (secondary N) is 1. The molecule has 5 nitrogen and oxygen atoms in total. The van der Waals surface area contributed by atoms with Crippen molar-refractivity contribution in [2.24, 2.45) is 0 Å². The third-order valence-electron chi connectivity index (χ3n) is 4.08. The number of esters is 1. The second-order valence-corrected chi connectivity index (χ2v) is 8.24. The molecule has 1 aliphatic heterocycles. The van der Waals surface area contributed by atoms with E-state index in [4.69, 9.17) is 27.9 Å². The molecular formula is C18H18Cl2N2O3S. The quantitative estimate of drug-likeness (QED) is 0.713. The van der Waals surface area contributed by atoms with Crippen molar-refractivity contribution in [3.8, 4) is 0 Å². The minimum atomic E-state index is -0.672. The van der Waals surface area contributed by atoms with Gasteiger partial charge in [0.1, 0.15) is 4.34 Å². The van der Waals surface area contributed by atoms with E-state index in [-0.39, 0.29) is 9.90 Å². The van der Waals surface area contributed by atoms with Gasteiger partial charge < -0.3 is 15.0 Å². The Morgan fingerprint density at radius 2 is 1.81 bits per heavy atom. The van der Waals surface area contributed by atoms with Gasteiger partial charge in [0.2, 0.25) is 0 Å². The van der Waals surface area contributed by atoms with Gasteiger partial charge in [-0.25, -0.2) is 4.79 Å². The van der Waals surface area contributed by atoms with Gasteiger partial charge in [-0.05, 0) is 49.6 Å². The number of hydrogen-bond donors (Lipinski definition) is 1. The summed E-state index contributed by atoms with van der Waals surface area (Å²) in [6.45, 7) is 1.74.